The molecule has 1 aromatic rings. The molecule has 1 heterocycles. The summed E-state index contributed by atoms with van der Waals surface area (Å²) in [6, 6.07) is 4.54. The third-order valence-electron chi connectivity index (χ3n) is 2.71. The Kier molecular flexibility index (Phi) is 4.30. The number of morpholine rings is 1. The first-order valence-corrected chi connectivity index (χ1v) is 5.91. The molecule has 0 spiro atoms. The van der Waals surface area contributed by atoms with Crippen LogP contribution >= 0.6 is 0 Å². The Bertz CT molecular complexity index is 493. The van der Waals surface area contributed by atoms with Crippen molar-refractivity contribution >= 4 is 17.9 Å². The zero-order valence-corrected chi connectivity index (χ0v) is 10.4. The van der Waals surface area contributed by atoms with Crippen LogP contribution in [0.25, 0.3) is 0 Å². The minimum atomic E-state index is -0.330. The quantitative estimate of drug-likeness (QED) is 0.466. The molecule has 1 aliphatic heterocycles. The highest BCUT2D eigenvalue weighted by molar-refractivity contribution is 5.88. The van der Waals surface area contributed by atoms with Crippen molar-refractivity contribution in [2.75, 3.05) is 31.2 Å². The van der Waals surface area contributed by atoms with E-state index >= 15 is 0 Å². The lowest BCUT2D eigenvalue weighted by Gasteiger charge is -2.29. The third-order valence-corrected chi connectivity index (χ3v) is 2.71. The monoisotopic (exact) mass is 265 g/mol. The summed E-state index contributed by atoms with van der Waals surface area (Å²) < 4.78 is 18.6. The summed E-state index contributed by atoms with van der Waals surface area (Å²) in [5.41, 5.74) is 11.9. The van der Waals surface area contributed by atoms with Gasteiger partial charge in [0.05, 0.1) is 19.4 Å². The van der Waals surface area contributed by atoms with Gasteiger partial charge in [-0.1, -0.05) is 0 Å². The van der Waals surface area contributed by atoms with Gasteiger partial charge in [0.2, 0.25) is 5.96 Å². The molecule has 6 nitrogen and oxygen atoms in total. The molecule has 1 fully saturated rings. The van der Waals surface area contributed by atoms with Crippen molar-refractivity contribution in [3.63, 3.8) is 0 Å². The first-order valence-electron chi connectivity index (χ1n) is 5.91. The lowest BCUT2D eigenvalue weighted by Crippen LogP contribution is -2.36. The van der Waals surface area contributed by atoms with E-state index < -0.39 is 0 Å². The van der Waals surface area contributed by atoms with Gasteiger partial charge in [0, 0.05) is 24.3 Å². The molecule has 0 aliphatic carbocycles. The van der Waals surface area contributed by atoms with Gasteiger partial charge in [0.1, 0.15) is 5.82 Å². The average molecular weight is 265 g/mol. The standard InChI is InChI=1S/C12H16FN5O/c13-10-1-2-11(18-3-5-19-6-4-18)9(7-10)8-16-17-12(14)15/h1-2,7-8H,3-6H2,(H4,14,15,17). The maximum Gasteiger partial charge on any atom is 0.211 e. The predicted octanol–water partition coefficient (Wildman–Crippen LogP) is 0.270. The number of nitrogens with two attached hydrogens (primary N) is 2. The van der Waals surface area contributed by atoms with E-state index in [2.05, 4.69) is 15.1 Å². The molecular weight excluding hydrogens is 249 g/mol. The summed E-state index contributed by atoms with van der Waals surface area (Å²) in [6.45, 7) is 2.83. The molecule has 0 unspecified atom stereocenters. The molecule has 1 aliphatic rings. The van der Waals surface area contributed by atoms with Crippen molar-refractivity contribution in [2.45, 2.75) is 0 Å². The third kappa shape index (κ3) is 3.65. The second kappa shape index (κ2) is 6.14. The number of rotatable bonds is 3. The van der Waals surface area contributed by atoms with Crippen LogP contribution in [0, 0.1) is 5.82 Å². The van der Waals surface area contributed by atoms with Crippen LogP contribution < -0.4 is 16.4 Å². The van der Waals surface area contributed by atoms with E-state index in [0.29, 0.717) is 18.8 Å². The Morgan fingerprint density at radius 2 is 2.05 bits per heavy atom. The van der Waals surface area contributed by atoms with Gasteiger partial charge in [-0.2, -0.15) is 5.10 Å². The van der Waals surface area contributed by atoms with Gasteiger partial charge >= 0.3 is 0 Å². The lowest BCUT2D eigenvalue weighted by atomic mass is 10.1. The molecule has 0 aromatic heterocycles. The fourth-order valence-electron chi connectivity index (χ4n) is 1.88. The van der Waals surface area contributed by atoms with Crippen molar-refractivity contribution in [1.82, 2.24) is 0 Å². The van der Waals surface area contributed by atoms with Crippen molar-refractivity contribution in [3.8, 4) is 0 Å². The van der Waals surface area contributed by atoms with Gasteiger partial charge in [-0.05, 0) is 18.2 Å². The normalized spacial score (nSPS) is 15.7. The molecule has 0 amide bonds. The average Bonchev–Trinajstić information content (AvgIpc) is 2.39. The summed E-state index contributed by atoms with van der Waals surface area (Å²) in [7, 11) is 0. The van der Waals surface area contributed by atoms with E-state index in [0.717, 1.165) is 18.8 Å². The predicted molar refractivity (Wildman–Crippen MR) is 72.8 cm³/mol. The second-order valence-corrected chi connectivity index (χ2v) is 4.07. The molecule has 2 rings (SSSR count). The smallest absolute Gasteiger partial charge is 0.211 e. The number of halogens is 1. The SMILES string of the molecule is NC(N)=NN=Cc1cc(F)ccc1N1CCOCC1. The molecule has 0 atom stereocenters. The maximum atomic E-state index is 13.3. The summed E-state index contributed by atoms with van der Waals surface area (Å²) in [4.78, 5) is 2.11. The van der Waals surface area contributed by atoms with Crippen molar-refractivity contribution < 1.29 is 9.13 Å². The molecule has 1 aromatic carbocycles. The van der Waals surface area contributed by atoms with Crippen LogP contribution in [0.3, 0.4) is 0 Å². The van der Waals surface area contributed by atoms with E-state index in [1.807, 2.05) is 0 Å². The zero-order chi connectivity index (χ0) is 13.7. The Hall–Kier alpha value is -2.15. The van der Waals surface area contributed by atoms with E-state index in [-0.39, 0.29) is 11.8 Å². The molecule has 0 saturated carbocycles. The van der Waals surface area contributed by atoms with Crippen LogP contribution in [0.5, 0.6) is 0 Å². The summed E-state index contributed by atoms with van der Waals surface area (Å²) in [5.74, 6) is -0.469. The van der Waals surface area contributed by atoms with Crippen LogP contribution in [-0.4, -0.2) is 38.5 Å². The number of benzene rings is 1. The summed E-state index contributed by atoms with van der Waals surface area (Å²) in [5, 5.41) is 7.24. The number of nitrogens with zero attached hydrogens (tertiary/aromatic N) is 3. The van der Waals surface area contributed by atoms with Crippen LogP contribution in [0.4, 0.5) is 10.1 Å². The van der Waals surface area contributed by atoms with Gasteiger partial charge in [0.15, 0.2) is 0 Å². The molecule has 1 saturated heterocycles. The number of hydrogen-bond acceptors (Lipinski definition) is 4. The number of anilines is 1. The van der Waals surface area contributed by atoms with Gasteiger partial charge in [0.25, 0.3) is 0 Å². The number of ether oxygens (including phenoxy) is 1. The molecule has 0 bridgehead atoms. The van der Waals surface area contributed by atoms with Gasteiger partial charge in [-0.3, -0.25) is 0 Å². The fourth-order valence-corrected chi connectivity index (χ4v) is 1.88. The van der Waals surface area contributed by atoms with E-state index in [9.17, 15) is 4.39 Å². The highest BCUT2D eigenvalue weighted by atomic mass is 19.1. The lowest BCUT2D eigenvalue weighted by molar-refractivity contribution is 0.122. The Labute approximate surface area is 110 Å². The highest BCUT2D eigenvalue weighted by Gasteiger charge is 2.14. The van der Waals surface area contributed by atoms with Gasteiger partial charge in [-0.25, -0.2) is 4.39 Å². The summed E-state index contributed by atoms with van der Waals surface area (Å²) in [6.07, 6.45) is 1.44. The number of guanidine groups is 1. The van der Waals surface area contributed by atoms with Gasteiger partial charge < -0.3 is 21.1 Å². The molecular formula is C12H16FN5O. The maximum absolute atomic E-state index is 13.3. The first kappa shape index (κ1) is 13.3. The first-order chi connectivity index (χ1) is 9.16. The van der Waals surface area contributed by atoms with Crippen LogP contribution in [0.1, 0.15) is 5.56 Å². The van der Waals surface area contributed by atoms with E-state index in [1.54, 1.807) is 6.07 Å². The summed E-state index contributed by atoms with van der Waals surface area (Å²) >= 11 is 0. The Morgan fingerprint density at radius 1 is 1.32 bits per heavy atom. The minimum absolute atomic E-state index is 0.138. The van der Waals surface area contributed by atoms with E-state index in [4.69, 9.17) is 16.2 Å². The zero-order valence-electron chi connectivity index (χ0n) is 10.4. The van der Waals surface area contributed by atoms with E-state index in [1.165, 1.54) is 18.3 Å². The van der Waals surface area contributed by atoms with Crippen LogP contribution in [0.2, 0.25) is 0 Å². The molecule has 7 heteroatoms. The Balaban J connectivity index is 2.26. The van der Waals surface area contributed by atoms with Crippen LogP contribution in [-0.2, 0) is 4.74 Å². The molecule has 102 valence electrons. The molecule has 4 N–H and O–H groups in total. The number of hydrogen-bond donors (Lipinski definition) is 2. The second-order valence-electron chi connectivity index (χ2n) is 4.07. The van der Waals surface area contributed by atoms with Crippen molar-refractivity contribution in [2.24, 2.45) is 21.7 Å². The largest absolute Gasteiger partial charge is 0.378 e. The molecule has 19 heavy (non-hydrogen) atoms. The van der Waals surface area contributed by atoms with Crippen molar-refractivity contribution in [3.05, 3.63) is 29.6 Å². The fraction of sp³-hybridized carbons (Fsp3) is 0.333. The van der Waals surface area contributed by atoms with Gasteiger partial charge in [-0.15, -0.1) is 5.10 Å². The Morgan fingerprint density at radius 3 is 2.74 bits per heavy atom. The van der Waals surface area contributed by atoms with Crippen molar-refractivity contribution in [1.29, 1.82) is 0 Å². The van der Waals surface area contributed by atoms with Crippen LogP contribution in [0.15, 0.2) is 28.4 Å². The minimum Gasteiger partial charge on any atom is -0.378 e. The topological polar surface area (TPSA) is 89.2 Å². The molecule has 0 radical (unpaired) electrons. The highest BCUT2D eigenvalue weighted by Crippen LogP contribution is 2.21.